The zero-order valence-electron chi connectivity index (χ0n) is 14.7. The van der Waals surface area contributed by atoms with Crippen LogP contribution in [0, 0.1) is 0 Å². The van der Waals surface area contributed by atoms with Gasteiger partial charge in [0.15, 0.2) is 11.5 Å². The molecule has 0 saturated heterocycles. The van der Waals surface area contributed by atoms with Crippen LogP contribution in [0.25, 0.3) is 0 Å². The van der Waals surface area contributed by atoms with Gasteiger partial charge < -0.3 is 14.8 Å². The first kappa shape index (κ1) is 17.3. The van der Waals surface area contributed by atoms with Crippen LogP contribution in [0.15, 0.2) is 48.5 Å². The van der Waals surface area contributed by atoms with Crippen LogP contribution in [-0.4, -0.2) is 17.4 Å². The van der Waals surface area contributed by atoms with E-state index in [1.54, 1.807) is 11.8 Å². The number of fused-ring (bicyclic) bond motifs is 1. The molecule has 0 atom stereocenters. The number of anilines is 1. The van der Waals surface area contributed by atoms with Gasteiger partial charge >= 0.3 is 0 Å². The van der Waals surface area contributed by atoms with Gasteiger partial charge in [0.25, 0.3) is 5.79 Å². The molecule has 136 valence electrons. The van der Waals surface area contributed by atoms with Crippen molar-refractivity contribution in [3.05, 3.63) is 54.1 Å². The fraction of sp³-hybridized carbons (Fsp3) is 0.381. The molecule has 0 aromatic heterocycles. The van der Waals surface area contributed by atoms with Crippen molar-refractivity contribution in [1.29, 1.82) is 0 Å². The summed E-state index contributed by atoms with van der Waals surface area (Å²) in [5, 5.41) is 2.95. The van der Waals surface area contributed by atoms with Gasteiger partial charge in [0.2, 0.25) is 5.91 Å². The van der Waals surface area contributed by atoms with Crippen molar-refractivity contribution < 1.29 is 14.3 Å². The summed E-state index contributed by atoms with van der Waals surface area (Å²) in [5.41, 5.74) is 1.98. The SMILES string of the molecule is O=C(CSCc1ccccc1)Nc1ccc2c(c1)OC1(CCCCC1)O2. The fourth-order valence-corrected chi connectivity index (χ4v) is 4.29. The molecule has 5 heteroatoms. The number of thioether (sulfide) groups is 1. The lowest BCUT2D eigenvalue weighted by Crippen LogP contribution is -2.40. The Morgan fingerprint density at radius 3 is 2.58 bits per heavy atom. The number of hydrogen-bond acceptors (Lipinski definition) is 4. The molecule has 0 unspecified atom stereocenters. The van der Waals surface area contributed by atoms with E-state index < -0.39 is 5.79 Å². The van der Waals surface area contributed by atoms with E-state index >= 15 is 0 Å². The molecule has 1 aliphatic heterocycles. The van der Waals surface area contributed by atoms with Crippen LogP contribution in [0.1, 0.15) is 37.7 Å². The highest BCUT2D eigenvalue weighted by Crippen LogP contribution is 2.46. The van der Waals surface area contributed by atoms with Crippen LogP contribution < -0.4 is 14.8 Å². The summed E-state index contributed by atoms with van der Waals surface area (Å²) in [4.78, 5) is 12.2. The van der Waals surface area contributed by atoms with Gasteiger partial charge in [-0.3, -0.25) is 4.79 Å². The van der Waals surface area contributed by atoms with E-state index in [-0.39, 0.29) is 5.91 Å². The predicted octanol–water partition coefficient (Wildman–Crippen LogP) is 4.99. The second-order valence-corrected chi connectivity index (χ2v) is 7.85. The van der Waals surface area contributed by atoms with Crippen LogP contribution in [0.5, 0.6) is 11.5 Å². The molecule has 1 aliphatic carbocycles. The van der Waals surface area contributed by atoms with Crippen molar-refractivity contribution in [1.82, 2.24) is 0 Å². The molecule has 2 aromatic carbocycles. The monoisotopic (exact) mass is 369 g/mol. The molecule has 26 heavy (non-hydrogen) atoms. The number of benzene rings is 2. The highest BCUT2D eigenvalue weighted by Gasteiger charge is 2.42. The van der Waals surface area contributed by atoms with Gasteiger partial charge in [0, 0.05) is 30.3 Å². The van der Waals surface area contributed by atoms with Crippen LogP contribution in [0.4, 0.5) is 5.69 Å². The van der Waals surface area contributed by atoms with Gasteiger partial charge in [-0.2, -0.15) is 0 Å². The largest absolute Gasteiger partial charge is 0.448 e. The summed E-state index contributed by atoms with van der Waals surface area (Å²) in [6.45, 7) is 0. The molecular formula is C21H23NO3S. The zero-order valence-corrected chi connectivity index (χ0v) is 15.5. The molecule has 4 nitrogen and oxygen atoms in total. The van der Waals surface area contributed by atoms with Gasteiger partial charge in [0.1, 0.15) is 0 Å². The average Bonchev–Trinajstić information content (AvgIpc) is 2.99. The maximum atomic E-state index is 12.2. The number of amides is 1. The van der Waals surface area contributed by atoms with E-state index in [1.165, 1.54) is 12.0 Å². The number of hydrogen-bond donors (Lipinski definition) is 1. The van der Waals surface area contributed by atoms with Gasteiger partial charge in [-0.05, 0) is 30.5 Å². The summed E-state index contributed by atoms with van der Waals surface area (Å²) in [7, 11) is 0. The highest BCUT2D eigenvalue weighted by atomic mass is 32.2. The molecule has 1 N–H and O–H groups in total. The van der Waals surface area contributed by atoms with Crippen molar-refractivity contribution in [3.63, 3.8) is 0 Å². The third-order valence-electron chi connectivity index (χ3n) is 4.78. The van der Waals surface area contributed by atoms with E-state index in [9.17, 15) is 4.79 Å². The van der Waals surface area contributed by atoms with E-state index in [0.29, 0.717) is 5.75 Å². The molecule has 0 radical (unpaired) electrons. The Morgan fingerprint density at radius 1 is 1.00 bits per heavy atom. The van der Waals surface area contributed by atoms with Crippen molar-refractivity contribution >= 4 is 23.4 Å². The predicted molar refractivity (Wildman–Crippen MR) is 105 cm³/mol. The lowest BCUT2D eigenvalue weighted by Gasteiger charge is -2.31. The van der Waals surface area contributed by atoms with Crippen LogP contribution in [0.2, 0.25) is 0 Å². The standard InChI is InChI=1S/C21H23NO3S/c23-20(15-26-14-16-7-3-1-4-8-16)22-17-9-10-18-19(13-17)25-21(24-18)11-5-2-6-12-21/h1,3-4,7-10,13H,2,5-6,11-12,14-15H2,(H,22,23). The zero-order chi connectivity index (χ0) is 17.8. The highest BCUT2D eigenvalue weighted by molar-refractivity contribution is 7.99. The molecule has 1 fully saturated rings. The number of ether oxygens (including phenoxy) is 2. The van der Waals surface area contributed by atoms with E-state index in [4.69, 9.17) is 9.47 Å². The van der Waals surface area contributed by atoms with Gasteiger partial charge in [-0.15, -0.1) is 11.8 Å². The Hall–Kier alpha value is -2.14. The minimum absolute atomic E-state index is 0.00261. The molecule has 1 spiro atoms. The summed E-state index contributed by atoms with van der Waals surface area (Å²) >= 11 is 1.61. The summed E-state index contributed by atoms with van der Waals surface area (Å²) in [6, 6.07) is 15.8. The van der Waals surface area contributed by atoms with Gasteiger partial charge in [0.05, 0.1) is 5.75 Å². The third-order valence-corrected chi connectivity index (χ3v) is 5.78. The van der Waals surface area contributed by atoms with Crippen molar-refractivity contribution in [2.24, 2.45) is 0 Å². The quantitative estimate of drug-likeness (QED) is 0.806. The number of carbonyl (C=O) groups is 1. The van der Waals surface area contributed by atoms with Crippen molar-refractivity contribution in [2.45, 2.75) is 43.6 Å². The minimum Gasteiger partial charge on any atom is -0.448 e. The molecule has 1 amide bonds. The van der Waals surface area contributed by atoms with Crippen molar-refractivity contribution in [2.75, 3.05) is 11.1 Å². The molecule has 2 aliphatic rings. The Bertz CT molecular complexity index is 772. The molecule has 1 heterocycles. The van der Waals surface area contributed by atoms with Gasteiger partial charge in [-0.1, -0.05) is 36.8 Å². The number of nitrogens with one attached hydrogen (secondary N) is 1. The van der Waals surface area contributed by atoms with Crippen LogP contribution >= 0.6 is 11.8 Å². The Labute approximate surface area is 158 Å². The van der Waals surface area contributed by atoms with E-state index in [1.807, 2.05) is 36.4 Å². The Morgan fingerprint density at radius 2 is 1.77 bits per heavy atom. The first-order chi connectivity index (χ1) is 12.7. The normalized spacial score (nSPS) is 17.2. The second kappa shape index (κ2) is 7.62. The summed E-state index contributed by atoms with van der Waals surface area (Å²) in [6.07, 6.45) is 5.37. The first-order valence-electron chi connectivity index (χ1n) is 9.16. The topological polar surface area (TPSA) is 47.6 Å². The average molecular weight is 369 g/mol. The molecule has 0 bridgehead atoms. The lowest BCUT2D eigenvalue weighted by molar-refractivity contribution is -0.113. The van der Waals surface area contributed by atoms with E-state index in [0.717, 1.165) is 48.6 Å². The summed E-state index contributed by atoms with van der Waals surface area (Å²) in [5.74, 6) is 2.29. The molecule has 1 saturated carbocycles. The van der Waals surface area contributed by atoms with Crippen LogP contribution in [-0.2, 0) is 10.5 Å². The number of carbonyl (C=O) groups excluding carboxylic acids is 1. The third kappa shape index (κ3) is 3.98. The molecule has 4 rings (SSSR count). The van der Waals surface area contributed by atoms with Crippen molar-refractivity contribution in [3.8, 4) is 11.5 Å². The number of rotatable bonds is 5. The molecule has 2 aromatic rings. The smallest absolute Gasteiger partial charge is 0.251 e. The van der Waals surface area contributed by atoms with Gasteiger partial charge in [-0.25, -0.2) is 0 Å². The molecular weight excluding hydrogens is 346 g/mol. The van der Waals surface area contributed by atoms with Crippen LogP contribution in [0.3, 0.4) is 0 Å². The maximum Gasteiger partial charge on any atom is 0.251 e. The lowest BCUT2D eigenvalue weighted by atomic mass is 9.94. The Kier molecular flexibility index (Phi) is 5.07. The fourth-order valence-electron chi connectivity index (χ4n) is 3.50. The first-order valence-corrected chi connectivity index (χ1v) is 10.3. The maximum absolute atomic E-state index is 12.2. The summed E-state index contributed by atoms with van der Waals surface area (Å²) < 4.78 is 12.2. The Balaban J connectivity index is 1.31. The van der Waals surface area contributed by atoms with E-state index in [2.05, 4.69) is 17.4 Å². The second-order valence-electron chi connectivity index (χ2n) is 6.86. The minimum atomic E-state index is -0.477.